The second kappa shape index (κ2) is 6.21. The van der Waals surface area contributed by atoms with Crippen LogP contribution in [-0.2, 0) is 6.54 Å². The van der Waals surface area contributed by atoms with Gasteiger partial charge in [-0.25, -0.2) is 4.98 Å². The molecule has 1 N–H and O–H groups in total. The van der Waals surface area contributed by atoms with Crippen molar-refractivity contribution in [3.8, 4) is 5.69 Å². The highest BCUT2D eigenvalue weighted by Gasteiger charge is 2.06. The molecule has 3 aromatic rings. The lowest BCUT2D eigenvalue weighted by Gasteiger charge is -2.09. The molecule has 0 unspecified atom stereocenters. The first-order chi connectivity index (χ1) is 10.3. The van der Waals surface area contributed by atoms with Gasteiger partial charge in [-0.05, 0) is 25.5 Å². The highest BCUT2D eigenvalue weighted by molar-refractivity contribution is 5.42. The Hall–Kier alpha value is -2.63. The van der Waals surface area contributed by atoms with Crippen molar-refractivity contribution >= 4 is 5.95 Å². The normalized spacial score (nSPS) is 10.7. The van der Waals surface area contributed by atoms with E-state index in [9.17, 15) is 0 Å². The number of imidazole rings is 1. The smallest absolute Gasteiger partial charge is 0.207 e. The average molecular weight is 282 g/mol. The predicted molar refractivity (Wildman–Crippen MR) is 81.4 cm³/mol. The van der Waals surface area contributed by atoms with Crippen molar-refractivity contribution in [1.29, 1.82) is 0 Å². The van der Waals surface area contributed by atoms with Gasteiger partial charge >= 0.3 is 0 Å². The molecule has 0 fully saturated rings. The Morgan fingerprint density at radius 1 is 1.19 bits per heavy atom. The summed E-state index contributed by atoms with van der Waals surface area (Å²) in [5, 5.41) is 11.1. The Balaban J connectivity index is 1.63. The van der Waals surface area contributed by atoms with Crippen LogP contribution in [0, 0.1) is 6.92 Å². The Kier molecular flexibility index (Phi) is 3.95. The summed E-state index contributed by atoms with van der Waals surface area (Å²) in [6.07, 6.45) is 6.56. The molecule has 0 aliphatic carbocycles. The van der Waals surface area contributed by atoms with Crippen LogP contribution in [0.4, 0.5) is 5.95 Å². The molecule has 2 aromatic heterocycles. The molecule has 0 radical (unpaired) electrons. The van der Waals surface area contributed by atoms with Gasteiger partial charge in [-0.1, -0.05) is 23.4 Å². The van der Waals surface area contributed by atoms with Crippen molar-refractivity contribution in [2.45, 2.75) is 19.9 Å². The van der Waals surface area contributed by atoms with E-state index in [4.69, 9.17) is 0 Å². The van der Waals surface area contributed by atoms with Gasteiger partial charge in [0.1, 0.15) is 0 Å². The minimum absolute atomic E-state index is 0.836. The van der Waals surface area contributed by atoms with E-state index in [1.165, 1.54) is 0 Å². The highest BCUT2D eigenvalue weighted by Crippen LogP contribution is 2.16. The molecule has 0 spiro atoms. The van der Waals surface area contributed by atoms with Gasteiger partial charge in [0.2, 0.25) is 5.95 Å². The minimum atomic E-state index is 0.836. The van der Waals surface area contributed by atoms with Crippen LogP contribution in [0.2, 0.25) is 0 Å². The van der Waals surface area contributed by atoms with E-state index in [-0.39, 0.29) is 0 Å². The predicted octanol–water partition coefficient (Wildman–Crippen LogP) is 2.27. The topological polar surface area (TPSA) is 60.6 Å². The number of para-hydroxylation sites is 1. The lowest BCUT2D eigenvalue weighted by molar-refractivity contribution is 0.569. The third kappa shape index (κ3) is 3.28. The fraction of sp³-hybridized carbons (Fsp3) is 0.267. The molecule has 0 aliphatic rings. The Morgan fingerprint density at radius 3 is 2.81 bits per heavy atom. The molecule has 3 rings (SSSR count). The Bertz CT molecular complexity index is 672. The zero-order valence-corrected chi connectivity index (χ0v) is 12.0. The molecule has 6 heteroatoms. The first-order valence-electron chi connectivity index (χ1n) is 7.02. The van der Waals surface area contributed by atoms with E-state index in [0.717, 1.165) is 36.8 Å². The largest absolute Gasteiger partial charge is 0.355 e. The van der Waals surface area contributed by atoms with Crippen molar-refractivity contribution in [2.75, 3.05) is 11.9 Å². The molecule has 0 atom stereocenters. The number of nitrogens with zero attached hydrogens (tertiary/aromatic N) is 5. The van der Waals surface area contributed by atoms with Crippen molar-refractivity contribution in [3.63, 3.8) is 0 Å². The van der Waals surface area contributed by atoms with Crippen LogP contribution in [-0.4, -0.2) is 31.1 Å². The van der Waals surface area contributed by atoms with Gasteiger partial charge in [-0.2, -0.15) is 0 Å². The molecule has 1 aromatic carbocycles. The maximum Gasteiger partial charge on any atom is 0.207 e. The van der Waals surface area contributed by atoms with E-state index in [1.54, 1.807) is 6.20 Å². The second-order valence-corrected chi connectivity index (χ2v) is 4.86. The quantitative estimate of drug-likeness (QED) is 0.705. The summed E-state index contributed by atoms with van der Waals surface area (Å²) in [5.41, 5.74) is 2.11. The summed E-state index contributed by atoms with van der Waals surface area (Å²) in [5.74, 6) is 0.872. The number of aromatic nitrogens is 5. The summed E-state index contributed by atoms with van der Waals surface area (Å²) in [4.78, 5) is 4.54. The maximum atomic E-state index is 4.54. The number of hydrogen-bond donors (Lipinski definition) is 1. The van der Waals surface area contributed by atoms with Gasteiger partial charge in [-0.15, -0.1) is 5.10 Å². The molecule has 0 aliphatic heterocycles. The summed E-state index contributed by atoms with van der Waals surface area (Å²) in [6.45, 7) is 3.68. The number of anilines is 1. The molecule has 6 nitrogen and oxygen atoms in total. The monoisotopic (exact) mass is 282 g/mol. The van der Waals surface area contributed by atoms with Crippen LogP contribution < -0.4 is 5.32 Å². The molecule has 0 bridgehead atoms. The first kappa shape index (κ1) is 13.4. The van der Waals surface area contributed by atoms with Crippen molar-refractivity contribution in [2.24, 2.45) is 0 Å². The fourth-order valence-electron chi connectivity index (χ4n) is 2.20. The fourth-order valence-corrected chi connectivity index (χ4v) is 2.20. The van der Waals surface area contributed by atoms with E-state index in [0.29, 0.717) is 0 Å². The van der Waals surface area contributed by atoms with Crippen molar-refractivity contribution in [1.82, 2.24) is 24.5 Å². The van der Waals surface area contributed by atoms with Gasteiger partial charge < -0.3 is 5.32 Å². The third-order valence-electron chi connectivity index (χ3n) is 3.18. The molecule has 0 saturated heterocycles. The second-order valence-electron chi connectivity index (χ2n) is 4.86. The maximum absolute atomic E-state index is 4.54. The van der Waals surface area contributed by atoms with Crippen LogP contribution in [0.25, 0.3) is 5.69 Å². The van der Waals surface area contributed by atoms with Crippen molar-refractivity contribution in [3.05, 3.63) is 54.6 Å². The lowest BCUT2D eigenvalue weighted by Crippen LogP contribution is -2.10. The number of rotatable bonds is 6. The van der Waals surface area contributed by atoms with Gasteiger partial charge in [0.05, 0.1) is 11.9 Å². The van der Waals surface area contributed by atoms with Crippen LogP contribution in [0.1, 0.15) is 12.1 Å². The zero-order valence-electron chi connectivity index (χ0n) is 12.0. The Morgan fingerprint density at radius 2 is 2.05 bits per heavy atom. The van der Waals surface area contributed by atoms with E-state index in [1.807, 2.05) is 42.2 Å². The number of nitrogens with one attached hydrogen (secondary N) is 1. The molecule has 0 amide bonds. The summed E-state index contributed by atoms with van der Waals surface area (Å²) in [6, 6.07) is 10.2. The van der Waals surface area contributed by atoms with Gasteiger partial charge in [-0.3, -0.25) is 9.25 Å². The van der Waals surface area contributed by atoms with Crippen LogP contribution in [0.15, 0.2) is 48.9 Å². The van der Waals surface area contributed by atoms with E-state index in [2.05, 4.69) is 37.3 Å². The molecule has 2 heterocycles. The van der Waals surface area contributed by atoms with E-state index >= 15 is 0 Å². The lowest BCUT2D eigenvalue weighted by atomic mass is 10.3. The summed E-state index contributed by atoms with van der Waals surface area (Å²) in [7, 11) is 0. The van der Waals surface area contributed by atoms with Crippen molar-refractivity contribution < 1.29 is 0 Å². The molecule has 0 saturated carbocycles. The third-order valence-corrected chi connectivity index (χ3v) is 3.18. The first-order valence-corrected chi connectivity index (χ1v) is 7.02. The average Bonchev–Trinajstić information content (AvgIpc) is 3.14. The van der Waals surface area contributed by atoms with Gasteiger partial charge in [0, 0.05) is 31.2 Å². The number of hydrogen-bond acceptors (Lipinski definition) is 4. The summed E-state index contributed by atoms with van der Waals surface area (Å²) >= 11 is 0. The summed E-state index contributed by atoms with van der Waals surface area (Å²) < 4.78 is 3.90. The Labute approximate surface area is 123 Å². The molecule has 108 valence electrons. The molecular weight excluding hydrogens is 264 g/mol. The van der Waals surface area contributed by atoms with Gasteiger partial charge in [0.25, 0.3) is 0 Å². The molecule has 21 heavy (non-hydrogen) atoms. The SMILES string of the molecule is Cc1cn(-c2ccccc2)c(NCCCn2ccnn2)n1. The standard InChI is InChI=1S/C15H18N6/c1-13-12-21(14-6-3-2-4-7-14)15(18-13)16-8-5-10-20-11-9-17-19-20/h2-4,6-7,9,11-12H,5,8,10H2,1H3,(H,16,18). The zero-order chi connectivity index (χ0) is 14.5. The highest BCUT2D eigenvalue weighted by atomic mass is 15.4. The van der Waals surface area contributed by atoms with Gasteiger partial charge in [0.15, 0.2) is 0 Å². The molecular formula is C15H18N6. The minimum Gasteiger partial charge on any atom is -0.355 e. The van der Waals surface area contributed by atoms with Crippen LogP contribution in [0.3, 0.4) is 0 Å². The van der Waals surface area contributed by atoms with Crippen LogP contribution in [0.5, 0.6) is 0 Å². The van der Waals surface area contributed by atoms with Crippen LogP contribution >= 0.6 is 0 Å². The van der Waals surface area contributed by atoms with E-state index < -0.39 is 0 Å². The number of benzene rings is 1. The number of aryl methyl sites for hydroxylation is 2.